The number of carboxylic acid groups (broad SMARTS) is 1. The molecule has 0 radical (unpaired) electrons. The van der Waals surface area contributed by atoms with Gasteiger partial charge in [-0.2, -0.15) is 0 Å². The van der Waals surface area contributed by atoms with Crippen LogP contribution >= 0.6 is 0 Å². The highest BCUT2D eigenvalue weighted by molar-refractivity contribution is 5.82. The van der Waals surface area contributed by atoms with Crippen molar-refractivity contribution >= 4 is 12.0 Å². The molecule has 0 aromatic rings. The lowest BCUT2D eigenvalue weighted by atomic mass is 10.1. The molecule has 0 aliphatic heterocycles. The third-order valence-electron chi connectivity index (χ3n) is 2.91. The summed E-state index contributed by atoms with van der Waals surface area (Å²) in [5, 5.41) is 14.2. The molecule has 7 heteroatoms. The van der Waals surface area contributed by atoms with Gasteiger partial charge in [0, 0.05) is 20.8 Å². The SMILES string of the molecule is COCCCC(NC(=O)NC(COC)C(C)C)C(=O)O. The summed E-state index contributed by atoms with van der Waals surface area (Å²) < 4.78 is 9.89. The molecule has 0 aliphatic rings. The monoisotopic (exact) mass is 290 g/mol. The number of aliphatic carboxylic acids is 1. The highest BCUT2D eigenvalue weighted by Crippen LogP contribution is 2.03. The molecule has 0 aliphatic carbocycles. The maximum Gasteiger partial charge on any atom is 0.326 e. The molecule has 0 saturated carbocycles. The average Bonchev–Trinajstić information content (AvgIpc) is 2.37. The molecule has 0 bridgehead atoms. The van der Waals surface area contributed by atoms with Crippen LogP contribution in [0.15, 0.2) is 0 Å². The Kier molecular flexibility index (Phi) is 9.75. The Morgan fingerprint density at radius 3 is 2.25 bits per heavy atom. The molecule has 0 rings (SSSR count). The van der Waals surface area contributed by atoms with E-state index in [0.717, 1.165) is 0 Å². The summed E-state index contributed by atoms with van der Waals surface area (Å²) in [4.78, 5) is 22.9. The minimum Gasteiger partial charge on any atom is -0.480 e. The first kappa shape index (κ1) is 18.7. The zero-order valence-corrected chi connectivity index (χ0v) is 12.6. The largest absolute Gasteiger partial charge is 0.480 e. The Bertz CT molecular complexity index is 296. The molecule has 0 saturated heterocycles. The molecular weight excluding hydrogens is 264 g/mol. The molecule has 2 amide bonds. The number of hydrogen-bond donors (Lipinski definition) is 3. The predicted octanol–water partition coefficient (Wildman–Crippen LogP) is 0.836. The molecule has 2 unspecified atom stereocenters. The number of urea groups is 1. The third kappa shape index (κ3) is 7.96. The van der Waals surface area contributed by atoms with Gasteiger partial charge in [-0.1, -0.05) is 13.8 Å². The van der Waals surface area contributed by atoms with Crippen molar-refractivity contribution in [3.05, 3.63) is 0 Å². The van der Waals surface area contributed by atoms with E-state index in [4.69, 9.17) is 14.6 Å². The summed E-state index contributed by atoms with van der Waals surface area (Å²) in [6.45, 7) is 4.76. The lowest BCUT2D eigenvalue weighted by Gasteiger charge is -2.23. The summed E-state index contributed by atoms with van der Waals surface area (Å²) in [6.07, 6.45) is 0.895. The number of hydrogen-bond acceptors (Lipinski definition) is 4. The first-order chi connectivity index (χ1) is 9.42. The maximum atomic E-state index is 11.8. The fourth-order valence-electron chi connectivity index (χ4n) is 1.64. The van der Waals surface area contributed by atoms with Crippen LogP contribution in [0.5, 0.6) is 0 Å². The minimum absolute atomic E-state index is 0.159. The maximum absolute atomic E-state index is 11.8. The van der Waals surface area contributed by atoms with E-state index in [1.807, 2.05) is 13.8 Å². The van der Waals surface area contributed by atoms with Crippen LogP contribution in [0, 0.1) is 5.92 Å². The Labute approximate surface area is 120 Å². The molecule has 0 aromatic heterocycles. The second kappa shape index (κ2) is 10.4. The normalized spacial score (nSPS) is 13.8. The van der Waals surface area contributed by atoms with Gasteiger partial charge in [-0.15, -0.1) is 0 Å². The number of carboxylic acids is 1. The molecule has 3 N–H and O–H groups in total. The van der Waals surface area contributed by atoms with Gasteiger partial charge in [-0.05, 0) is 18.8 Å². The summed E-state index contributed by atoms with van der Waals surface area (Å²) in [5.74, 6) is -0.860. The molecule has 118 valence electrons. The van der Waals surface area contributed by atoms with Crippen LogP contribution in [0.1, 0.15) is 26.7 Å². The van der Waals surface area contributed by atoms with Crippen LogP contribution in [0.25, 0.3) is 0 Å². The first-order valence-electron chi connectivity index (χ1n) is 6.70. The van der Waals surface area contributed by atoms with E-state index in [9.17, 15) is 9.59 Å². The van der Waals surface area contributed by atoms with Gasteiger partial charge in [-0.3, -0.25) is 0 Å². The Hall–Kier alpha value is -1.34. The lowest BCUT2D eigenvalue weighted by Crippen LogP contribution is -2.51. The number of ether oxygens (including phenoxy) is 2. The number of carbonyl (C=O) groups is 2. The molecule has 2 atom stereocenters. The minimum atomic E-state index is -1.05. The van der Waals surface area contributed by atoms with E-state index in [0.29, 0.717) is 26.1 Å². The Morgan fingerprint density at radius 1 is 1.15 bits per heavy atom. The molecule has 0 spiro atoms. The van der Waals surface area contributed by atoms with Gasteiger partial charge >= 0.3 is 12.0 Å². The van der Waals surface area contributed by atoms with Crippen molar-refractivity contribution in [2.24, 2.45) is 5.92 Å². The highest BCUT2D eigenvalue weighted by atomic mass is 16.5. The molecule has 0 heterocycles. The fourth-order valence-corrected chi connectivity index (χ4v) is 1.64. The second-order valence-corrected chi connectivity index (χ2v) is 4.95. The van der Waals surface area contributed by atoms with Crippen molar-refractivity contribution in [3.63, 3.8) is 0 Å². The van der Waals surface area contributed by atoms with Crippen molar-refractivity contribution in [3.8, 4) is 0 Å². The smallest absolute Gasteiger partial charge is 0.326 e. The van der Waals surface area contributed by atoms with Crippen LogP contribution in [-0.2, 0) is 14.3 Å². The lowest BCUT2D eigenvalue weighted by molar-refractivity contribution is -0.139. The molecular formula is C13H26N2O5. The average molecular weight is 290 g/mol. The predicted molar refractivity (Wildman–Crippen MR) is 74.7 cm³/mol. The Balaban J connectivity index is 4.33. The van der Waals surface area contributed by atoms with Crippen LogP contribution in [0.3, 0.4) is 0 Å². The molecule has 7 nitrogen and oxygen atoms in total. The van der Waals surface area contributed by atoms with Crippen molar-refractivity contribution < 1.29 is 24.2 Å². The topological polar surface area (TPSA) is 96.9 Å². The van der Waals surface area contributed by atoms with Crippen LogP contribution in [-0.4, -0.2) is 56.6 Å². The van der Waals surface area contributed by atoms with E-state index in [2.05, 4.69) is 10.6 Å². The fraction of sp³-hybridized carbons (Fsp3) is 0.846. The standard InChI is InChI=1S/C13H26N2O5/c1-9(2)11(8-20-4)15-13(18)14-10(12(16)17)6-5-7-19-3/h9-11H,5-8H2,1-4H3,(H,16,17)(H2,14,15,18). The number of nitrogens with one attached hydrogen (secondary N) is 2. The number of methoxy groups -OCH3 is 2. The van der Waals surface area contributed by atoms with Gasteiger partial charge in [-0.25, -0.2) is 9.59 Å². The highest BCUT2D eigenvalue weighted by Gasteiger charge is 2.22. The van der Waals surface area contributed by atoms with Gasteiger partial charge in [0.15, 0.2) is 0 Å². The van der Waals surface area contributed by atoms with Gasteiger partial charge in [0.25, 0.3) is 0 Å². The van der Waals surface area contributed by atoms with Crippen molar-refractivity contribution in [1.29, 1.82) is 0 Å². The van der Waals surface area contributed by atoms with E-state index in [-0.39, 0.29) is 12.0 Å². The van der Waals surface area contributed by atoms with E-state index in [1.165, 1.54) is 0 Å². The summed E-state index contributed by atoms with van der Waals surface area (Å²) in [5.41, 5.74) is 0. The van der Waals surface area contributed by atoms with E-state index < -0.39 is 18.0 Å². The van der Waals surface area contributed by atoms with Crippen LogP contribution in [0.4, 0.5) is 4.79 Å². The van der Waals surface area contributed by atoms with Crippen LogP contribution in [0.2, 0.25) is 0 Å². The van der Waals surface area contributed by atoms with E-state index >= 15 is 0 Å². The summed E-state index contributed by atoms with van der Waals surface area (Å²) in [7, 11) is 3.10. The third-order valence-corrected chi connectivity index (χ3v) is 2.91. The van der Waals surface area contributed by atoms with Crippen molar-refractivity contribution in [2.45, 2.75) is 38.8 Å². The molecule has 0 aromatic carbocycles. The zero-order chi connectivity index (χ0) is 15.5. The first-order valence-corrected chi connectivity index (χ1v) is 6.70. The number of rotatable bonds is 10. The van der Waals surface area contributed by atoms with Gasteiger partial charge in [0.05, 0.1) is 12.6 Å². The number of amides is 2. The van der Waals surface area contributed by atoms with Gasteiger partial charge in [0.2, 0.25) is 0 Å². The molecule has 20 heavy (non-hydrogen) atoms. The quantitative estimate of drug-likeness (QED) is 0.518. The van der Waals surface area contributed by atoms with Gasteiger partial charge < -0.3 is 25.2 Å². The number of carbonyl (C=O) groups excluding carboxylic acids is 1. The zero-order valence-electron chi connectivity index (χ0n) is 12.6. The summed E-state index contributed by atoms with van der Waals surface area (Å²) in [6, 6.07) is -1.57. The second-order valence-electron chi connectivity index (χ2n) is 4.95. The van der Waals surface area contributed by atoms with Gasteiger partial charge in [0.1, 0.15) is 6.04 Å². The van der Waals surface area contributed by atoms with E-state index in [1.54, 1.807) is 14.2 Å². The molecule has 0 fully saturated rings. The van der Waals surface area contributed by atoms with Crippen molar-refractivity contribution in [1.82, 2.24) is 10.6 Å². The van der Waals surface area contributed by atoms with Crippen molar-refractivity contribution in [2.75, 3.05) is 27.4 Å². The Morgan fingerprint density at radius 2 is 1.80 bits per heavy atom. The van der Waals surface area contributed by atoms with Crippen LogP contribution < -0.4 is 10.6 Å². The summed E-state index contributed by atoms with van der Waals surface area (Å²) >= 11 is 0.